The summed E-state index contributed by atoms with van der Waals surface area (Å²) in [5.41, 5.74) is 9.47. The van der Waals surface area contributed by atoms with Crippen molar-refractivity contribution in [3.63, 3.8) is 0 Å². The predicted molar refractivity (Wildman–Crippen MR) is 154 cm³/mol. The summed E-state index contributed by atoms with van der Waals surface area (Å²) in [5, 5.41) is 20.9. The maximum absolute atomic E-state index is 11.7. The fourth-order valence-electron chi connectivity index (χ4n) is 5.01. The molecule has 3 heterocycles. The number of nitriles is 1. The number of amides is 1. The summed E-state index contributed by atoms with van der Waals surface area (Å²) in [6.45, 7) is 1.48. The topological polar surface area (TPSA) is 159 Å². The molecule has 0 spiro atoms. The van der Waals surface area contributed by atoms with Crippen LogP contribution < -0.4 is 16.4 Å². The molecule has 2 aromatic carbocycles. The zero-order chi connectivity index (χ0) is 28.3. The molecule has 40 heavy (non-hydrogen) atoms. The van der Waals surface area contributed by atoms with Crippen LogP contribution in [0.5, 0.6) is 0 Å². The van der Waals surface area contributed by atoms with Crippen LogP contribution in [0.25, 0.3) is 16.8 Å². The Morgan fingerprint density at radius 2 is 1.82 bits per heavy atom. The first-order valence-corrected chi connectivity index (χ1v) is 14.9. The van der Waals surface area contributed by atoms with Crippen molar-refractivity contribution < 1.29 is 13.2 Å². The zero-order valence-corrected chi connectivity index (χ0v) is 22.9. The molecule has 1 fully saturated rings. The SMILES string of the molecule is CS(=O)(=O)CNc1ccccc1-c1ccc2cnc(Nc3ccc(C4(C#N)CCN(CC(N)=O)CC4)cc3)nn12. The van der Waals surface area contributed by atoms with Gasteiger partial charge < -0.3 is 16.4 Å². The summed E-state index contributed by atoms with van der Waals surface area (Å²) in [7, 11) is -3.21. The van der Waals surface area contributed by atoms with E-state index < -0.39 is 15.3 Å². The van der Waals surface area contributed by atoms with Gasteiger partial charge in [0.2, 0.25) is 11.9 Å². The summed E-state index contributed by atoms with van der Waals surface area (Å²) in [6, 6.07) is 21.5. The molecule has 2 aromatic heterocycles. The van der Waals surface area contributed by atoms with Gasteiger partial charge in [-0.2, -0.15) is 5.26 Å². The molecule has 0 atom stereocenters. The number of nitrogens with zero attached hydrogens (tertiary/aromatic N) is 5. The molecular formula is C28H30N8O3S. The van der Waals surface area contributed by atoms with Crippen LogP contribution in [0.2, 0.25) is 0 Å². The second kappa shape index (κ2) is 11.0. The molecule has 206 valence electrons. The van der Waals surface area contributed by atoms with Gasteiger partial charge >= 0.3 is 0 Å². The smallest absolute Gasteiger partial charge is 0.245 e. The zero-order valence-electron chi connectivity index (χ0n) is 22.0. The van der Waals surface area contributed by atoms with Gasteiger partial charge in [0.25, 0.3) is 0 Å². The average Bonchev–Trinajstić information content (AvgIpc) is 3.35. The summed E-state index contributed by atoms with van der Waals surface area (Å²) in [5.74, 6) is -0.154. The molecule has 0 saturated carbocycles. The highest BCUT2D eigenvalue weighted by atomic mass is 32.2. The first-order valence-electron chi connectivity index (χ1n) is 12.8. The van der Waals surface area contributed by atoms with Gasteiger partial charge in [-0.1, -0.05) is 30.3 Å². The minimum Gasteiger partial charge on any atom is -0.371 e. The van der Waals surface area contributed by atoms with Gasteiger partial charge in [-0.15, -0.1) is 5.10 Å². The van der Waals surface area contributed by atoms with Crippen molar-refractivity contribution in [1.82, 2.24) is 19.5 Å². The van der Waals surface area contributed by atoms with Crippen molar-refractivity contribution >= 4 is 38.6 Å². The van der Waals surface area contributed by atoms with Crippen LogP contribution in [0.15, 0.2) is 66.9 Å². The van der Waals surface area contributed by atoms with Gasteiger partial charge in [0, 0.05) is 36.3 Å². The number of primary amides is 1. The van der Waals surface area contributed by atoms with Gasteiger partial charge in [-0.05, 0) is 48.7 Å². The highest BCUT2D eigenvalue weighted by molar-refractivity contribution is 7.90. The van der Waals surface area contributed by atoms with Crippen molar-refractivity contribution in [1.29, 1.82) is 5.26 Å². The maximum Gasteiger partial charge on any atom is 0.245 e. The number of anilines is 3. The lowest BCUT2D eigenvalue weighted by molar-refractivity contribution is -0.119. The highest BCUT2D eigenvalue weighted by Gasteiger charge is 2.36. The normalized spacial score (nSPS) is 15.4. The molecule has 1 amide bonds. The van der Waals surface area contributed by atoms with E-state index in [1.165, 1.54) is 6.26 Å². The number of nitrogens with one attached hydrogen (secondary N) is 2. The van der Waals surface area contributed by atoms with E-state index in [2.05, 4.69) is 26.8 Å². The average molecular weight is 559 g/mol. The number of hydrogen-bond donors (Lipinski definition) is 3. The minimum atomic E-state index is -3.21. The van der Waals surface area contributed by atoms with Crippen molar-refractivity contribution in [3.05, 3.63) is 72.4 Å². The Labute approximate surface area is 232 Å². The number of fused-ring (bicyclic) bond motifs is 1. The van der Waals surface area contributed by atoms with Crippen LogP contribution in [0.1, 0.15) is 18.4 Å². The molecule has 0 aliphatic carbocycles. The molecule has 1 aliphatic heterocycles. The number of sulfone groups is 1. The first-order chi connectivity index (χ1) is 19.2. The molecule has 0 bridgehead atoms. The third kappa shape index (κ3) is 5.90. The largest absolute Gasteiger partial charge is 0.371 e. The number of likely N-dealkylation sites (tertiary alicyclic amines) is 1. The van der Waals surface area contributed by atoms with E-state index in [0.717, 1.165) is 28.0 Å². The number of rotatable bonds is 9. The van der Waals surface area contributed by atoms with Gasteiger partial charge in [0.1, 0.15) is 5.88 Å². The summed E-state index contributed by atoms with van der Waals surface area (Å²) in [6.07, 6.45) is 4.15. The molecule has 5 rings (SSSR count). The number of hydrogen-bond acceptors (Lipinski definition) is 9. The number of para-hydroxylation sites is 1. The Morgan fingerprint density at radius 1 is 1.10 bits per heavy atom. The molecule has 4 aromatic rings. The number of carbonyl (C=O) groups is 1. The van der Waals surface area contributed by atoms with Gasteiger partial charge in [-0.3, -0.25) is 9.69 Å². The Kier molecular flexibility index (Phi) is 7.42. The quantitative estimate of drug-likeness (QED) is 0.281. The second-order valence-corrected chi connectivity index (χ2v) is 12.2. The Bertz CT molecular complexity index is 1680. The maximum atomic E-state index is 11.7. The third-order valence-corrected chi connectivity index (χ3v) is 7.79. The van der Waals surface area contributed by atoms with E-state index in [1.807, 2.05) is 65.6 Å². The Morgan fingerprint density at radius 3 is 2.50 bits per heavy atom. The van der Waals surface area contributed by atoms with Crippen molar-refractivity contribution in [3.8, 4) is 17.3 Å². The number of carbonyl (C=O) groups excluding carboxylic acids is 1. The standard InChI is InChI=1S/C28H30N8O3S/c1-40(38,39)19-32-24-5-3-2-4-23(24)25-11-10-22-16-31-27(34-36(22)25)33-21-8-6-20(7-9-21)28(18-29)12-14-35(15-13-28)17-26(30)37/h2-11,16,32H,12-15,17,19H2,1H3,(H2,30,37)(H,33,34). The molecule has 4 N–H and O–H groups in total. The highest BCUT2D eigenvalue weighted by Crippen LogP contribution is 2.36. The number of aromatic nitrogens is 3. The second-order valence-electron chi connectivity index (χ2n) is 10.1. The summed E-state index contributed by atoms with van der Waals surface area (Å²) in [4.78, 5) is 17.7. The van der Waals surface area contributed by atoms with Crippen molar-refractivity contribution in [2.45, 2.75) is 18.3 Å². The summed E-state index contributed by atoms with van der Waals surface area (Å²) >= 11 is 0. The molecule has 1 saturated heterocycles. The lowest BCUT2D eigenvalue weighted by atomic mass is 9.74. The Hall–Kier alpha value is -4.47. The lowest BCUT2D eigenvalue weighted by Gasteiger charge is -2.37. The van der Waals surface area contributed by atoms with E-state index in [0.29, 0.717) is 37.6 Å². The van der Waals surface area contributed by atoms with Crippen LogP contribution in [0.4, 0.5) is 17.3 Å². The number of piperidine rings is 1. The van der Waals surface area contributed by atoms with E-state index in [9.17, 15) is 18.5 Å². The summed E-state index contributed by atoms with van der Waals surface area (Å²) < 4.78 is 25.2. The number of nitrogens with two attached hydrogens (primary N) is 1. The van der Waals surface area contributed by atoms with E-state index in [1.54, 1.807) is 10.7 Å². The van der Waals surface area contributed by atoms with Crippen LogP contribution in [0, 0.1) is 11.3 Å². The predicted octanol–water partition coefficient (Wildman–Crippen LogP) is 2.90. The van der Waals surface area contributed by atoms with Gasteiger partial charge in [0.15, 0.2) is 9.84 Å². The van der Waals surface area contributed by atoms with E-state index in [4.69, 9.17) is 5.73 Å². The lowest BCUT2D eigenvalue weighted by Crippen LogP contribution is -2.45. The van der Waals surface area contributed by atoms with Crippen LogP contribution in [-0.4, -0.2) is 65.6 Å². The molecule has 0 radical (unpaired) electrons. The Balaban J connectivity index is 1.35. The van der Waals surface area contributed by atoms with Crippen molar-refractivity contribution in [2.75, 3.05) is 42.4 Å². The fraction of sp³-hybridized carbons (Fsp3) is 0.286. The van der Waals surface area contributed by atoms with E-state index in [-0.39, 0.29) is 18.3 Å². The monoisotopic (exact) mass is 558 g/mol. The number of benzene rings is 2. The van der Waals surface area contributed by atoms with Crippen LogP contribution in [-0.2, 0) is 20.0 Å². The molecule has 0 unspecified atom stereocenters. The fourth-order valence-corrected chi connectivity index (χ4v) is 5.43. The van der Waals surface area contributed by atoms with Gasteiger partial charge in [0.05, 0.1) is 35.4 Å². The van der Waals surface area contributed by atoms with Crippen LogP contribution >= 0.6 is 0 Å². The first kappa shape index (κ1) is 27.1. The molecule has 1 aliphatic rings. The van der Waals surface area contributed by atoms with Crippen LogP contribution in [0.3, 0.4) is 0 Å². The molecular weight excluding hydrogens is 528 g/mol. The molecule has 11 nitrogen and oxygen atoms in total. The van der Waals surface area contributed by atoms with Crippen molar-refractivity contribution in [2.24, 2.45) is 5.73 Å². The minimum absolute atomic E-state index is 0.177. The third-order valence-electron chi connectivity index (χ3n) is 7.12. The van der Waals surface area contributed by atoms with E-state index >= 15 is 0 Å². The molecule has 12 heteroatoms. The van der Waals surface area contributed by atoms with Gasteiger partial charge in [-0.25, -0.2) is 17.9 Å².